The van der Waals surface area contributed by atoms with E-state index in [0.29, 0.717) is 12.4 Å². The fourth-order valence-corrected chi connectivity index (χ4v) is 2.53. The van der Waals surface area contributed by atoms with Gasteiger partial charge in [-0.3, -0.25) is 9.78 Å². The molecule has 4 N–H and O–H groups in total. The molecular weight excluding hydrogens is 262 g/mol. The van der Waals surface area contributed by atoms with Gasteiger partial charge in [0.1, 0.15) is 5.69 Å². The lowest BCUT2D eigenvalue weighted by Crippen LogP contribution is -2.24. The quantitative estimate of drug-likeness (QED) is 0.580. The molecule has 2 aromatic rings. The standard InChI is InChI=1S/C12H15N5OS/c1-7-3-9(19-8(7)2)4-15-12(18)10-5-14-6-11(16-10)17-13/h3,5-6H,4,13H2,1-2H3,(H,15,18)(H,16,17). The normalized spacial score (nSPS) is 10.3. The van der Waals surface area contributed by atoms with Crippen LogP contribution in [0, 0.1) is 13.8 Å². The Labute approximate surface area is 115 Å². The highest BCUT2D eigenvalue weighted by molar-refractivity contribution is 7.12. The maximum atomic E-state index is 11.9. The van der Waals surface area contributed by atoms with Crippen molar-refractivity contribution >= 4 is 23.1 Å². The summed E-state index contributed by atoms with van der Waals surface area (Å²) in [5.74, 6) is 5.31. The average molecular weight is 277 g/mol. The summed E-state index contributed by atoms with van der Waals surface area (Å²) in [5, 5.41) is 2.81. The second-order valence-corrected chi connectivity index (χ2v) is 5.41. The van der Waals surface area contributed by atoms with Gasteiger partial charge in [-0.25, -0.2) is 10.8 Å². The van der Waals surface area contributed by atoms with E-state index in [0.717, 1.165) is 4.88 Å². The van der Waals surface area contributed by atoms with Crippen LogP contribution in [0.3, 0.4) is 0 Å². The Morgan fingerprint density at radius 1 is 1.42 bits per heavy atom. The zero-order chi connectivity index (χ0) is 13.8. The molecule has 2 rings (SSSR count). The third-order valence-electron chi connectivity index (χ3n) is 2.66. The highest BCUT2D eigenvalue weighted by Gasteiger charge is 2.09. The molecule has 100 valence electrons. The van der Waals surface area contributed by atoms with Gasteiger partial charge in [0, 0.05) is 9.75 Å². The van der Waals surface area contributed by atoms with Gasteiger partial charge in [-0.2, -0.15) is 0 Å². The van der Waals surface area contributed by atoms with Crippen molar-refractivity contribution in [3.63, 3.8) is 0 Å². The molecule has 0 radical (unpaired) electrons. The van der Waals surface area contributed by atoms with Gasteiger partial charge in [-0.15, -0.1) is 11.3 Å². The molecule has 6 nitrogen and oxygen atoms in total. The molecule has 0 bridgehead atoms. The minimum Gasteiger partial charge on any atom is -0.346 e. The number of aromatic nitrogens is 2. The van der Waals surface area contributed by atoms with Crippen molar-refractivity contribution in [2.75, 3.05) is 5.43 Å². The van der Waals surface area contributed by atoms with Crippen LogP contribution in [0.5, 0.6) is 0 Å². The number of carbonyl (C=O) groups excluding carboxylic acids is 1. The van der Waals surface area contributed by atoms with E-state index < -0.39 is 0 Å². The van der Waals surface area contributed by atoms with Crippen LogP contribution >= 0.6 is 11.3 Å². The lowest BCUT2D eigenvalue weighted by atomic mass is 10.3. The number of hydrogen-bond acceptors (Lipinski definition) is 6. The van der Waals surface area contributed by atoms with Crippen LogP contribution in [0.4, 0.5) is 5.82 Å². The molecule has 7 heteroatoms. The molecule has 0 saturated carbocycles. The smallest absolute Gasteiger partial charge is 0.271 e. The summed E-state index contributed by atoms with van der Waals surface area (Å²) in [7, 11) is 0. The molecule has 0 aliphatic carbocycles. The summed E-state index contributed by atoms with van der Waals surface area (Å²) in [5.41, 5.74) is 3.83. The Kier molecular flexibility index (Phi) is 4.08. The number of nitrogens with zero attached hydrogens (tertiary/aromatic N) is 2. The second-order valence-electron chi connectivity index (χ2n) is 4.07. The Balaban J connectivity index is 2.00. The van der Waals surface area contributed by atoms with Crippen LogP contribution < -0.4 is 16.6 Å². The number of hydrazine groups is 1. The summed E-state index contributed by atoms with van der Waals surface area (Å²) in [6, 6.07) is 2.07. The van der Waals surface area contributed by atoms with Crippen molar-refractivity contribution in [1.82, 2.24) is 15.3 Å². The third-order valence-corrected chi connectivity index (χ3v) is 3.81. The SMILES string of the molecule is Cc1cc(CNC(=O)c2cncc(NN)n2)sc1C. The fraction of sp³-hybridized carbons (Fsp3) is 0.250. The number of amides is 1. The van der Waals surface area contributed by atoms with Crippen LogP contribution in [0.25, 0.3) is 0 Å². The van der Waals surface area contributed by atoms with Crippen molar-refractivity contribution in [2.45, 2.75) is 20.4 Å². The molecule has 0 aromatic carbocycles. The van der Waals surface area contributed by atoms with Crippen molar-refractivity contribution in [3.8, 4) is 0 Å². The Morgan fingerprint density at radius 3 is 2.84 bits per heavy atom. The molecule has 1 amide bonds. The fourth-order valence-electron chi connectivity index (χ4n) is 1.54. The summed E-state index contributed by atoms with van der Waals surface area (Å²) in [6.45, 7) is 4.60. The van der Waals surface area contributed by atoms with Gasteiger partial charge in [-0.05, 0) is 25.5 Å². The zero-order valence-electron chi connectivity index (χ0n) is 10.7. The number of thiophene rings is 1. The molecule has 0 saturated heterocycles. The summed E-state index contributed by atoms with van der Waals surface area (Å²) in [4.78, 5) is 22.2. The van der Waals surface area contributed by atoms with Gasteiger partial charge in [0.2, 0.25) is 0 Å². The Morgan fingerprint density at radius 2 is 2.21 bits per heavy atom. The number of nitrogen functional groups attached to an aromatic ring is 1. The van der Waals surface area contributed by atoms with Crippen molar-refractivity contribution in [3.05, 3.63) is 39.5 Å². The topological polar surface area (TPSA) is 92.9 Å². The predicted molar refractivity (Wildman–Crippen MR) is 74.8 cm³/mol. The van der Waals surface area contributed by atoms with Crippen molar-refractivity contribution < 1.29 is 4.79 Å². The molecule has 0 spiro atoms. The number of aryl methyl sites for hydroxylation is 2. The first-order chi connectivity index (χ1) is 9.10. The van der Waals surface area contributed by atoms with Gasteiger partial charge < -0.3 is 10.7 Å². The second kappa shape index (κ2) is 5.77. The number of nitrogens with one attached hydrogen (secondary N) is 2. The number of nitrogens with two attached hydrogens (primary N) is 1. The minimum atomic E-state index is -0.270. The van der Waals surface area contributed by atoms with Gasteiger partial charge in [-0.1, -0.05) is 0 Å². The largest absolute Gasteiger partial charge is 0.346 e. The van der Waals surface area contributed by atoms with Gasteiger partial charge >= 0.3 is 0 Å². The van der Waals surface area contributed by atoms with Gasteiger partial charge in [0.15, 0.2) is 5.82 Å². The average Bonchev–Trinajstić information content (AvgIpc) is 2.75. The van der Waals surface area contributed by atoms with Gasteiger partial charge in [0.05, 0.1) is 18.9 Å². The number of rotatable bonds is 4. The third kappa shape index (κ3) is 3.27. The minimum absolute atomic E-state index is 0.237. The molecule has 0 fully saturated rings. The number of carbonyl (C=O) groups is 1. The summed E-state index contributed by atoms with van der Waals surface area (Å²) >= 11 is 1.68. The first kappa shape index (κ1) is 13.4. The van der Waals surface area contributed by atoms with E-state index in [-0.39, 0.29) is 11.6 Å². The van der Waals surface area contributed by atoms with Crippen LogP contribution in [0.1, 0.15) is 25.8 Å². The Bertz CT molecular complexity index is 576. The molecular formula is C12H15N5OS. The predicted octanol–water partition coefficient (Wildman–Crippen LogP) is 1.37. The molecule has 0 atom stereocenters. The molecule has 0 aliphatic rings. The summed E-state index contributed by atoms with van der Waals surface area (Å²) in [6.07, 6.45) is 2.85. The Hall–Kier alpha value is -1.99. The first-order valence-corrected chi connectivity index (χ1v) is 6.54. The molecule has 0 unspecified atom stereocenters. The highest BCUT2D eigenvalue weighted by atomic mass is 32.1. The number of anilines is 1. The van der Waals surface area contributed by atoms with E-state index in [1.165, 1.54) is 22.8 Å². The molecule has 2 heterocycles. The van der Waals surface area contributed by atoms with Crippen LogP contribution in [0.2, 0.25) is 0 Å². The lowest BCUT2D eigenvalue weighted by Gasteiger charge is -2.04. The van der Waals surface area contributed by atoms with E-state index in [4.69, 9.17) is 5.84 Å². The van der Waals surface area contributed by atoms with E-state index in [9.17, 15) is 4.79 Å². The number of hydrogen-bond donors (Lipinski definition) is 3. The monoisotopic (exact) mass is 277 g/mol. The molecule has 2 aromatic heterocycles. The van der Waals surface area contributed by atoms with E-state index in [2.05, 4.69) is 40.6 Å². The molecule has 0 aliphatic heterocycles. The maximum Gasteiger partial charge on any atom is 0.271 e. The van der Waals surface area contributed by atoms with Gasteiger partial charge in [0.25, 0.3) is 5.91 Å². The van der Waals surface area contributed by atoms with E-state index in [1.54, 1.807) is 11.3 Å². The zero-order valence-corrected chi connectivity index (χ0v) is 11.5. The molecule has 19 heavy (non-hydrogen) atoms. The van der Waals surface area contributed by atoms with Crippen LogP contribution in [0.15, 0.2) is 18.5 Å². The van der Waals surface area contributed by atoms with E-state index in [1.807, 2.05) is 0 Å². The van der Waals surface area contributed by atoms with Crippen molar-refractivity contribution in [1.29, 1.82) is 0 Å². The van der Waals surface area contributed by atoms with E-state index >= 15 is 0 Å². The lowest BCUT2D eigenvalue weighted by molar-refractivity contribution is 0.0946. The highest BCUT2D eigenvalue weighted by Crippen LogP contribution is 2.20. The van der Waals surface area contributed by atoms with Crippen LogP contribution in [-0.2, 0) is 6.54 Å². The first-order valence-electron chi connectivity index (χ1n) is 5.73. The van der Waals surface area contributed by atoms with Crippen LogP contribution in [-0.4, -0.2) is 15.9 Å². The maximum absolute atomic E-state index is 11.9. The summed E-state index contributed by atoms with van der Waals surface area (Å²) < 4.78 is 0. The van der Waals surface area contributed by atoms with Crippen molar-refractivity contribution in [2.24, 2.45) is 5.84 Å².